The predicted octanol–water partition coefficient (Wildman–Crippen LogP) is 4.37. The van der Waals surface area contributed by atoms with E-state index in [0.717, 1.165) is 37.2 Å². The van der Waals surface area contributed by atoms with Gasteiger partial charge in [0.1, 0.15) is 0 Å². The van der Waals surface area contributed by atoms with E-state index in [-0.39, 0.29) is 11.9 Å². The Labute approximate surface area is 154 Å². The Balaban J connectivity index is 1.61. The summed E-state index contributed by atoms with van der Waals surface area (Å²) >= 11 is 1.87. The van der Waals surface area contributed by atoms with Crippen LogP contribution >= 0.6 is 11.8 Å². The molecule has 4 heteroatoms. The number of carbonyl (C=O) groups excluding carboxylic acids is 1. The molecule has 2 aromatic rings. The Morgan fingerprint density at radius 1 is 1.24 bits per heavy atom. The lowest BCUT2D eigenvalue weighted by atomic mass is 10.1. The highest BCUT2D eigenvalue weighted by atomic mass is 32.2. The van der Waals surface area contributed by atoms with E-state index in [1.807, 2.05) is 30.0 Å². The lowest BCUT2D eigenvalue weighted by Gasteiger charge is -2.30. The first-order chi connectivity index (χ1) is 12.2. The molecule has 0 bridgehead atoms. The molecule has 0 unspecified atom stereocenters. The molecule has 0 aliphatic carbocycles. The molecule has 0 fully saturated rings. The molecular weight excluding hydrogens is 328 g/mol. The van der Waals surface area contributed by atoms with Crippen LogP contribution in [0.2, 0.25) is 0 Å². The topological polar surface area (TPSA) is 32.3 Å². The van der Waals surface area contributed by atoms with Gasteiger partial charge in [-0.25, -0.2) is 0 Å². The number of rotatable bonds is 6. The first-order valence-electron chi connectivity index (χ1n) is 9.04. The van der Waals surface area contributed by atoms with Gasteiger partial charge in [0.05, 0.1) is 5.69 Å². The second kappa shape index (κ2) is 8.43. The number of nitrogens with one attached hydrogen (secondary N) is 1. The quantitative estimate of drug-likeness (QED) is 0.836. The Kier molecular flexibility index (Phi) is 6.03. The number of amides is 1. The predicted molar refractivity (Wildman–Crippen MR) is 107 cm³/mol. The molecule has 0 saturated heterocycles. The van der Waals surface area contributed by atoms with E-state index < -0.39 is 0 Å². The second-order valence-corrected chi connectivity index (χ2v) is 7.65. The van der Waals surface area contributed by atoms with Gasteiger partial charge >= 0.3 is 0 Å². The number of anilines is 1. The molecule has 1 amide bonds. The molecule has 132 valence electrons. The Hall–Kier alpha value is -1.94. The number of aryl methyl sites for hydroxylation is 1. The SMILES string of the molecule is CCN1CCSc2ccc(C(=O)N[C@@H](C)CCc3ccccc3)cc21. The van der Waals surface area contributed by atoms with Crippen LogP contribution in [0.1, 0.15) is 36.2 Å². The van der Waals surface area contributed by atoms with E-state index in [4.69, 9.17) is 0 Å². The summed E-state index contributed by atoms with van der Waals surface area (Å²) in [6.07, 6.45) is 1.92. The number of benzene rings is 2. The van der Waals surface area contributed by atoms with Crippen LogP contribution in [-0.2, 0) is 6.42 Å². The van der Waals surface area contributed by atoms with Crippen molar-refractivity contribution >= 4 is 23.4 Å². The van der Waals surface area contributed by atoms with E-state index in [0.29, 0.717) is 0 Å². The van der Waals surface area contributed by atoms with Crippen molar-refractivity contribution in [2.24, 2.45) is 0 Å². The molecule has 1 heterocycles. The van der Waals surface area contributed by atoms with Gasteiger partial charge in [0, 0.05) is 35.3 Å². The molecule has 1 N–H and O–H groups in total. The van der Waals surface area contributed by atoms with E-state index in [1.54, 1.807) is 0 Å². The van der Waals surface area contributed by atoms with Crippen molar-refractivity contribution in [2.75, 3.05) is 23.7 Å². The van der Waals surface area contributed by atoms with Crippen LogP contribution in [0, 0.1) is 0 Å². The summed E-state index contributed by atoms with van der Waals surface area (Å²) in [6.45, 7) is 6.27. The Bertz CT molecular complexity index is 717. The van der Waals surface area contributed by atoms with Crippen molar-refractivity contribution in [1.82, 2.24) is 5.32 Å². The van der Waals surface area contributed by atoms with Crippen LogP contribution in [-0.4, -0.2) is 30.8 Å². The third-order valence-corrected chi connectivity index (χ3v) is 5.69. The van der Waals surface area contributed by atoms with Gasteiger partial charge in [-0.05, 0) is 50.5 Å². The fourth-order valence-corrected chi connectivity index (χ4v) is 4.18. The van der Waals surface area contributed by atoms with Gasteiger partial charge in [-0.3, -0.25) is 4.79 Å². The van der Waals surface area contributed by atoms with Gasteiger partial charge in [0.15, 0.2) is 0 Å². The maximum atomic E-state index is 12.6. The van der Waals surface area contributed by atoms with Crippen molar-refractivity contribution in [3.05, 3.63) is 59.7 Å². The van der Waals surface area contributed by atoms with Gasteiger partial charge in [0.25, 0.3) is 5.91 Å². The minimum atomic E-state index is 0.0231. The molecule has 0 spiro atoms. The molecule has 3 nitrogen and oxygen atoms in total. The van der Waals surface area contributed by atoms with E-state index in [1.165, 1.54) is 16.1 Å². The number of thioether (sulfide) groups is 1. The maximum Gasteiger partial charge on any atom is 0.251 e. The average Bonchev–Trinajstić information content (AvgIpc) is 2.66. The van der Waals surface area contributed by atoms with Crippen LogP contribution in [0.4, 0.5) is 5.69 Å². The van der Waals surface area contributed by atoms with Crippen LogP contribution in [0.3, 0.4) is 0 Å². The summed E-state index contributed by atoms with van der Waals surface area (Å²) < 4.78 is 0. The highest BCUT2D eigenvalue weighted by Crippen LogP contribution is 2.35. The smallest absolute Gasteiger partial charge is 0.251 e. The Morgan fingerprint density at radius 3 is 2.80 bits per heavy atom. The molecule has 1 aliphatic heterocycles. The molecular formula is C21H26N2OS. The van der Waals surface area contributed by atoms with Crippen LogP contribution < -0.4 is 10.2 Å². The third kappa shape index (κ3) is 4.57. The first kappa shape index (κ1) is 17.9. The standard InChI is InChI=1S/C21H26N2OS/c1-3-23-13-14-25-20-12-11-18(15-19(20)23)21(24)22-16(2)9-10-17-7-5-4-6-8-17/h4-8,11-12,15-16H,3,9-10,13-14H2,1-2H3,(H,22,24)/t16-/m0/s1. The minimum Gasteiger partial charge on any atom is -0.370 e. The van der Waals surface area contributed by atoms with Crippen molar-refractivity contribution in [2.45, 2.75) is 37.6 Å². The fraction of sp³-hybridized carbons (Fsp3) is 0.381. The van der Waals surface area contributed by atoms with Crippen molar-refractivity contribution in [1.29, 1.82) is 0 Å². The molecule has 1 aliphatic rings. The van der Waals surface area contributed by atoms with E-state index in [2.05, 4.69) is 54.4 Å². The monoisotopic (exact) mass is 354 g/mol. The van der Waals surface area contributed by atoms with Crippen molar-refractivity contribution in [3.8, 4) is 0 Å². The number of hydrogen-bond acceptors (Lipinski definition) is 3. The van der Waals surface area contributed by atoms with Gasteiger partial charge in [-0.1, -0.05) is 30.3 Å². The summed E-state index contributed by atoms with van der Waals surface area (Å²) in [5, 5.41) is 3.14. The molecule has 25 heavy (non-hydrogen) atoms. The largest absolute Gasteiger partial charge is 0.370 e. The zero-order valence-corrected chi connectivity index (χ0v) is 15.8. The van der Waals surface area contributed by atoms with E-state index in [9.17, 15) is 4.79 Å². The summed E-state index contributed by atoms with van der Waals surface area (Å²) in [5.41, 5.74) is 3.27. The molecule has 3 rings (SSSR count). The van der Waals surface area contributed by atoms with Crippen molar-refractivity contribution < 1.29 is 4.79 Å². The normalized spacial score (nSPS) is 14.7. The fourth-order valence-electron chi connectivity index (χ4n) is 3.15. The number of nitrogens with zero attached hydrogens (tertiary/aromatic N) is 1. The maximum absolute atomic E-state index is 12.6. The zero-order chi connectivity index (χ0) is 17.6. The third-order valence-electron chi connectivity index (χ3n) is 4.65. The molecule has 0 radical (unpaired) electrons. The summed E-state index contributed by atoms with van der Waals surface area (Å²) in [4.78, 5) is 16.2. The van der Waals surface area contributed by atoms with Crippen LogP contribution in [0.25, 0.3) is 0 Å². The van der Waals surface area contributed by atoms with Gasteiger partial charge < -0.3 is 10.2 Å². The summed E-state index contributed by atoms with van der Waals surface area (Å²) in [5.74, 6) is 1.14. The molecule has 0 saturated carbocycles. The second-order valence-electron chi connectivity index (χ2n) is 6.51. The molecule has 0 aromatic heterocycles. The number of carbonyl (C=O) groups is 1. The van der Waals surface area contributed by atoms with Crippen LogP contribution in [0.5, 0.6) is 0 Å². The van der Waals surface area contributed by atoms with Gasteiger partial charge in [0.2, 0.25) is 0 Å². The van der Waals surface area contributed by atoms with Gasteiger partial charge in [-0.15, -0.1) is 11.8 Å². The molecule has 2 aromatic carbocycles. The number of fused-ring (bicyclic) bond motifs is 1. The highest BCUT2D eigenvalue weighted by Gasteiger charge is 2.18. The van der Waals surface area contributed by atoms with E-state index >= 15 is 0 Å². The number of hydrogen-bond donors (Lipinski definition) is 1. The molecule has 1 atom stereocenters. The Morgan fingerprint density at radius 2 is 2.04 bits per heavy atom. The van der Waals surface area contributed by atoms with Crippen LogP contribution in [0.15, 0.2) is 53.4 Å². The lowest BCUT2D eigenvalue weighted by molar-refractivity contribution is 0.0938. The van der Waals surface area contributed by atoms with Crippen molar-refractivity contribution in [3.63, 3.8) is 0 Å². The minimum absolute atomic E-state index is 0.0231. The zero-order valence-electron chi connectivity index (χ0n) is 15.0. The lowest BCUT2D eigenvalue weighted by Crippen LogP contribution is -2.33. The highest BCUT2D eigenvalue weighted by molar-refractivity contribution is 7.99. The first-order valence-corrected chi connectivity index (χ1v) is 10.0. The summed E-state index contributed by atoms with van der Waals surface area (Å²) in [6, 6.07) is 16.7. The van der Waals surface area contributed by atoms with Gasteiger partial charge in [-0.2, -0.15) is 0 Å². The summed E-state index contributed by atoms with van der Waals surface area (Å²) in [7, 11) is 0. The average molecular weight is 355 g/mol.